The summed E-state index contributed by atoms with van der Waals surface area (Å²) >= 11 is 0. The van der Waals surface area contributed by atoms with Gasteiger partial charge in [-0.05, 0) is 38.2 Å². The first-order chi connectivity index (χ1) is 10.5. The third-order valence-electron chi connectivity index (χ3n) is 4.91. The van der Waals surface area contributed by atoms with E-state index in [-0.39, 0.29) is 5.91 Å². The Hall–Kier alpha value is -1.35. The molecule has 0 aliphatic heterocycles. The molecule has 1 aliphatic carbocycles. The molecule has 22 heavy (non-hydrogen) atoms. The van der Waals surface area contributed by atoms with Gasteiger partial charge in [-0.2, -0.15) is 0 Å². The standard InChI is InChI=1S/C19H30N2O/c1-14-9-10-17(16(3)11-14)12-21(4)13-19(22)20-18-8-6-5-7-15(18)2/h9-11,15,18H,5-8,12-13H2,1-4H3,(H,20,22)/p+1/t15-,18+/m0/s1. The van der Waals surface area contributed by atoms with Crippen molar-refractivity contribution in [2.75, 3.05) is 13.6 Å². The quantitative estimate of drug-likeness (QED) is 0.857. The molecule has 1 amide bonds. The van der Waals surface area contributed by atoms with Gasteiger partial charge in [0.25, 0.3) is 5.91 Å². The van der Waals surface area contributed by atoms with Crippen LogP contribution in [-0.2, 0) is 11.3 Å². The summed E-state index contributed by atoms with van der Waals surface area (Å²) < 4.78 is 0. The molecule has 1 unspecified atom stereocenters. The number of carbonyl (C=O) groups is 1. The second-order valence-corrected chi connectivity index (χ2v) is 7.18. The van der Waals surface area contributed by atoms with Gasteiger partial charge in [-0.15, -0.1) is 0 Å². The number of benzene rings is 1. The van der Waals surface area contributed by atoms with E-state index in [1.54, 1.807) is 0 Å². The molecule has 1 fully saturated rings. The van der Waals surface area contributed by atoms with E-state index >= 15 is 0 Å². The monoisotopic (exact) mass is 303 g/mol. The van der Waals surface area contributed by atoms with Gasteiger partial charge < -0.3 is 10.2 Å². The summed E-state index contributed by atoms with van der Waals surface area (Å²) in [5.41, 5.74) is 3.95. The lowest BCUT2D eigenvalue weighted by atomic mass is 9.86. The molecule has 0 spiro atoms. The summed E-state index contributed by atoms with van der Waals surface area (Å²) in [6.07, 6.45) is 4.95. The van der Waals surface area contributed by atoms with Gasteiger partial charge in [0.15, 0.2) is 6.54 Å². The molecular formula is C19H31N2O+. The minimum absolute atomic E-state index is 0.195. The van der Waals surface area contributed by atoms with Crippen LogP contribution < -0.4 is 10.2 Å². The van der Waals surface area contributed by atoms with Crippen LogP contribution in [0.15, 0.2) is 18.2 Å². The number of carbonyl (C=O) groups excluding carboxylic acids is 1. The fourth-order valence-electron chi connectivity index (χ4n) is 3.49. The van der Waals surface area contributed by atoms with Gasteiger partial charge in [0.1, 0.15) is 6.54 Å². The van der Waals surface area contributed by atoms with Crippen LogP contribution in [0.2, 0.25) is 0 Å². The highest BCUT2D eigenvalue weighted by molar-refractivity contribution is 5.77. The SMILES string of the molecule is Cc1ccc(C[NH+](C)CC(=O)N[C@@H]2CCCC[C@@H]2C)c(C)c1. The summed E-state index contributed by atoms with van der Waals surface area (Å²) in [6.45, 7) is 7.98. The third-order valence-corrected chi connectivity index (χ3v) is 4.91. The Morgan fingerprint density at radius 1 is 1.27 bits per heavy atom. The normalized spacial score (nSPS) is 23.1. The smallest absolute Gasteiger partial charge is 0.275 e. The first-order valence-electron chi connectivity index (χ1n) is 8.62. The van der Waals surface area contributed by atoms with Crippen molar-refractivity contribution in [3.05, 3.63) is 34.9 Å². The Bertz CT molecular complexity index is 512. The van der Waals surface area contributed by atoms with E-state index in [1.165, 1.54) is 40.9 Å². The first kappa shape index (κ1) is 17.0. The molecule has 3 heteroatoms. The Balaban J connectivity index is 1.83. The topological polar surface area (TPSA) is 33.5 Å². The van der Waals surface area contributed by atoms with Crippen molar-refractivity contribution >= 4 is 5.91 Å². The van der Waals surface area contributed by atoms with Gasteiger partial charge in [-0.3, -0.25) is 4.79 Å². The van der Waals surface area contributed by atoms with Crippen LogP contribution in [0.1, 0.15) is 49.3 Å². The van der Waals surface area contributed by atoms with Gasteiger partial charge in [-0.1, -0.05) is 43.5 Å². The lowest BCUT2D eigenvalue weighted by Gasteiger charge is -2.29. The fraction of sp³-hybridized carbons (Fsp3) is 0.632. The molecule has 3 nitrogen and oxygen atoms in total. The molecule has 0 heterocycles. The van der Waals surface area contributed by atoms with Crippen LogP contribution in [0.4, 0.5) is 0 Å². The zero-order valence-electron chi connectivity index (χ0n) is 14.5. The summed E-state index contributed by atoms with van der Waals surface area (Å²) in [7, 11) is 2.10. The van der Waals surface area contributed by atoms with Crippen molar-refractivity contribution < 1.29 is 9.69 Å². The molecule has 2 N–H and O–H groups in total. The third kappa shape index (κ3) is 4.84. The van der Waals surface area contributed by atoms with Crippen molar-refractivity contribution in [2.24, 2.45) is 5.92 Å². The van der Waals surface area contributed by atoms with Crippen LogP contribution in [-0.4, -0.2) is 25.5 Å². The number of aryl methyl sites for hydroxylation is 2. The van der Waals surface area contributed by atoms with Gasteiger partial charge in [0.2, 0.25) is 0 Å². The molecule has 122 valence electrons. The number of likely N-dealkylation sites (N-methyl/N-ethyl adjacent to an activating group) is 1. The Labute approximate surface area is 135 Å². The molecule has 0 aromatic heterocycles. The molecule has 1 saturated carbocycles. The van der Waals surface area contributed by atoms with E-state index in [4.69, 9.17) is 0 Å². The fourth-order valence-corrected chi connectivity index (χ4v) is 3.49. The van der Waals surface area contributed by atoms with Crippen LogP contribution in [0, 0.1) is 19.8 Å². The average molecular weight is 303 g/mol. The lowest BCUT2D eigenvalue weighted by Crippen LogP contribution is -3.09. The molecule has 3 atom stereocenters. The molecule has 1 aromatic rings. The zero-order valence-corrected chi connectivity index (χ0v) is 14.5. The number of nitrogens with one attached hydrogen (secondary N) is 2. The maximum atomic E-state index is 12.3. The number of amides is 1. The van der Waals surface area contributed by atoms with Crippen molar-refractivity contribution in [3.63, 3.8) is 0 Å². The summed E-state index contributed by atoms with van der Waals surface area (Å²) in [4.78, 5) is 13.5. The van der Waals surface area contributed by atoms with Gasteiger partial charge >= 0.3 is 0 Å². The van der Waals surface area contributed by atoms with E-state index in [1.807, 2.05) is 0 Å². The lowest BCUT2D eigenvalue weighted by molar-refractivity contribution is -0.885. The van der Waals surface area contributed by atoms with Crippen LogP contribution in [0.5, 0.6) is 0 Å². The number of rotatable bonds is 5. The maximum absolute atomic E-state index is 12.3. The highest BCUT2D eigenvalue weighted by Gasteiger charge is 2.23. The van der Waals surface area contributed by atoms with Gasteiger partial charge in [0, 0.05) is 11.6 Å². The molecule has 1 aliphatic rings. The second kappa shape index (κ2) is 7.77. The van der Waals surface area contributed by atoms with E-state index in [9.17, 15) is 4.79 Å². The highest BCUT2D eigenvalue weighted by atomic mass is 16.2. The zero-order chi connectivity index (χ0) is 16.1. The Morgan fingerprint density at radius 2 is 2.00 bits per heavy atom. The van der Waals surface area contributed by atoms with Gasteiger partial charge in [-0.25, -0.2) is 0 Å². The molecule has 2 rings (SSSR count). The van der Waals surface area contributed by atoms with Crippen molar-refractivity contribution in [1.29, 1.82) is 0 Å². The van der Waals surface area contributed by atoms with Crippen LogP contribution in [0.25, 0.3) is 0 Å². The predicted octanol–water partition coefficient (Wildman–Crippen LogP) is 2.01. The molecule has 0 radical (unpaired) electrons. The Morgan fingerprint density at radius 3 is 2.68 bits per heavy atom. The second-order valence-electron chi connectivity index (χ2n) is 7.18. The summed E-state index contributed by atoms with van der Waals surface area (Å²) in [5, 5.41) is 3.25. The summed E-state index contributed by atoms with van der Waals surface area (Å²) in [6, 6.07) is 6.94. The van der Waals surface area contributed by atoms with E-state index in [2.05, 4.69) is 51.3 Å². The van der Waals surface area contributed by atoms with Crippen molar-refractivity contribution in [1.82, 2.24) is 5.32 Å². The highest BCUT2D eigenvalue weighted by Crippen LogP contribution is 2.23. The predicted molar refractivity (Wildman–Crippen MR) is 90.9 cm³/mol. The average Bonchev–Trinajstić information content (AvgIpc) is 2.44. The Kier molecular flexibility index (Phi) is 6.01. The summed E-state index contributed by atoms with van der Waals surface area (Å²) in [5.74, 6) is 0.818. The molecular weight excluding hydrogens is 272 g/mol. The van der Waals surface area contributed by atoms with Gasteiger partial charge in [0.05, 0.1) is 7.05 Å². The van der Waals surface area contributed by atoms with E-state index in [0.29, 0.717) is 18.5 Å². The first-order valence-corrected chi connectivity index (χ1v) is 8.62. The largest absolute Gasteiger partial charge is 0.348 e. The van der Waals surface area contributed by atoms with Crippen LogP contribution >= 0.6 is 0 Å². The molecule has 0 bridgehead atoms. The minimum atomic E-state index is 0.195. The van der Waals surface area contributed by atoms with Crippen LogP contribution in [0.3, 0.4) is 0 Å². The number of hydrogen-bond donors (Lipinski definition) is 2. The minimum Gasteiger partial charge on any atom is -0.348 e. The van der Waals surface area contributed by atoms with Crippen molar-refractivity contribution in [2.45, 2.75) is 59.0 Å². The van der Waals surface area contributed by atoms with E-state index in [0.717, 1.165) is 13.0 Å². The molecule has 0 saturated heterocycles. The maximum Gasteiger partial charge on any atom is 0.275 e. The molecule has 1 aromatic carbocycles. The number of quaternary nitrogens is 1. The van der Waals surface area contributed by atoms with E-state index < -0.39 is 0 Å². The van der Waals surface area contributed by atoms with Crippen molar-refractivity contribution in [3.8, 4) is 0 Å². The number of hydrogen-bond acceptors (Lipinski definition) is 1.